The molecule has 5 nitrogen and oxygen atoms in total. The summed E-state index contributed by atoms with van der Waals surface area (Å²) in [7, 11) is -2.68. The summed E-state index contributed by atoms with van der Waals surface area (Å²) in [6, 6.07) is 7.95. The zero-order valence-electron chi connectivity index (χ0n) is 14.5. The fraction of sp³-hybridized carbons (Fsp3) is 0.294. The van der Waals surface area contributed by atoms with Gasteiger partial charge in [0.25, 0.3) is 0 Å². The van der Waals surface area contributed by atoms with Crippen molar-refractivity contribution in [3.8, 4) is 11.5 Å². The summed E-state index contributed by atoms with van der Waals surface area (Å²) in [5, 5.41) is 0. The zero-order valence-corrected chi connectivity index (χ0v) is 15.3. The van der Waals surface area contributed by atoms with Crippen LogP contribution in [0.5, 0.6) is 11.5 Å². The van der Waals surface area contributed by atoms with E-state index >= 15 is 0 Å². The van der Waals surface area contributed by atoms with E-state index in [9.17, 15) is 26.0 Å². The van der Waals surface area contributed by atoms with Gasteiger partial charge in [0.15, 0.2) is 11.6 Å². The summed E-state index contributed by atoms with van der Waals surface area (Å²) in [5.74, 6) is -1.12. The lowest BCUT2D eigenvalue weighted by Crippen LogP contribution is -2.30. The van der Waals surface area contributed by atoms with Crippen LogP contribution in [0.3, 0.4) is 0 Å². The Morgan fingerprint density at radius 3 is 2.19 bits per heavy atom. The number of sulfonamides is 1. The number of halogens is 4. The maximum Gasteiger partial charge on any atom is 0.573 e. The first-order valence-corrected chi connectivity index (χ1v) is 9.19. The topological polar surface area (TPSA) is 55.8 Å². The summed E-state index contributed by atoms with van der Waals surface area (Å²) >= 11 is 0. The van der Waals surface area contributed by atoms with Crippen molar-refractivity contribution in [1.82, 2.24) is 4.31 Å². The molecule has 2 aromatic rings. The molecule has 0 radical (unpaired) electrons. The molecule has 148 valence electrons. The minimum Gasteiger partial charge on any atom is -0.494 e. The first-order chi connectivity index (χ1) is 12.6. The molecule has 0 unspecified atom stereocenters. The van der Waals surface area contributed by atoms with E-state index in [0.717, 1.165) is 34.6 Å². The number of hydrogen-bond donors (Lipinski definition) is 0. The Morgan fingerprint density at radius 1 is 1.07 bits per heavy atom. The van der Waals surface area contributed by atoms with Crippen molar-refractivity contribution in [3.05, 3.63) is 53.8 Å². The average molecular weight is 407 g/mol. The molecule has 0 aromatic heterocycles. The van der Waals surface area contributed by atoms with Gasteiger partial charge in [-0.05, 0) is 42.0 Å². The second kappa shape index (κ2) is 8.13. The van der Waals surface area contributed by atoms with E-state index in [4.69, 9.17) is 4.74 Å². The van der Waals surface area contributed by atoms with Gasteiger partial charge in [0.2, 0.25) is 10.0 Å². The number of alkyl halides is 3. The van der Waals surface area contributed by atoms with E-state index < -0.39 is 28.0 Å². The van der Waals surface area contributed by atoms with E-state index in [1.807, 2.05) is 0 Å². The molecule has 0 atom stereocenters. The van der Waals surface area contributed by atoms with Crippen LogP contribution in [0.2, 0.25) is 0 Å². The van der Waals surface area contributed by atoms with Crippen molar-refractivity contribution in [2.24, 2.45) is 0 Å². The van der Waals surface area contributed by atoms with Crippen LogP contribution in [-0.4, -0.2) is 32.7 Å². The molecule has 0 spiro atoms. The summed E-state index contributed by atoms with van der Waals surface area (Å²) in [5.41, 5.74) is 0.399. The third kappa shape index (κ3) is 5.33. The van der Waals surface area contributed by atoms with E-state index in [-0.39, 0.29) is 23.7 Å². The first kappa shape index (κ1) is 21.0. The molecule has 0 heterocycles. The molecular formula is C17H17F4NO4S. The molecule has 0 aliphatic heterocycles. The van der Waals surface area contributed by atoms with Gasteiger partial charge in [-0.25, -0.2) is 12.8 Å². The summed E-state index contributed by atoms with van der Waals surface area (Å²) in [6.07, 6.45) is -4.87. The first-order valence-electron chi connectivity index (χ1n) is 7.75. The lowest BCUT2D eigenvalue weighted by molar-refractivity contribution is -0.274. The fourth-order valence-corrected chi connectivity index (χ4v) is 3.78. The predicted molar refractivity (Wildman–Crippen MR) is 89.3 cm³/mol. The molecule has 0 aliphatic carbocycles. The lowest BCUT2D eigenvalue weighted by Gasteiger charge is -2.21. The molecule has 10 heteroatoms. The molecule has 0 saturated heterocycles. The van der Waals surface area contributed by atoms with Gasteiger partial charge in [0.1, 0.15) is 5.75 Å². The van der Waals surface area contributed by atoms with Crippen molar-refractivity contribution in [1.29, 1.82) is 0 Å². The average Bonchev–Trinajstić information content (AvgIpc) is 2.58. The number of benzene rings is 2. The SMILES string of the molecule is CCN(Cc1ccc(OC)c(F)c1)S(=O)(=O)c1ccc(OC(F)(F)F)cc1. The summed E-state index contributed by atoms with van der Waals surface area (Å²) < 4.78 is 85.5. The molecule has 2 rings (SSSR count). The Morgan fingerprint density at radius 2 is 1.70 bits per heavy atom. The van der Waals surface area contributed by atoms with Gasteiger partial charge in [-0.15, -0.1) is 13.2 Å². The highest BCUT2D eigenvalue weighted by Crippen LogP contribution is 2.26. The van der Waals surface area contributed by atoms with Gasteiger partial charge in [-0.3, -0.25) is 0 Å². The van der Waals surface area contributed by atoms with E-state index in [2.05, 4.69) is 4.74 Å². The van der Waals surface area contributed by atoms with Crippen LogP contribution in [0.1, 0.15) is 12.5 Å². The van der Waals surface area contributed by atoms with Crippen LogP contribution >= 0.6 is 0 Å². The molecule has 0 amide bonds. The normalized spacial score (nSPS) is 12.3. The third-order valence-corrected chi connectivity index (χ3v) is 5.56. The summed E-state index contributed by atoms with van der Waals surface area (Å²) in [6.45, 7) is 1.57. The van der Waals surface area contributed by atoms with E-state index in [0.29, 0.717) is 5.56 Å². The summed E-state index contributed by atoms with van der Waals surface area (Å²) in [4.78, 5) is -0.201. The highest BCUT2D eigenvalue weighted by atomic mass is 32.2. The van der Waals surface area contributed by atoms with Gasteiger partial charge in [0, 0.05) is 13.1 Å². The molecule has 27 heavy (non-hydrogen) atoms. The van der Waals surface area contributed by atoms with Crippen LogP contribution in [0, 0.1) is 5.82 Å². The van der Waals surface area contributed by atoms with Crippen LogP contribution in [0.25, 0.3) is 0 Å². The van der Waals surface area contributed by atoms with Crippen molar-refractivity contribution in [2.75, 3.05) is 13.7 Å². The van der Waals surface area contributed by atoms with Gasteiger partial charge in [0.05, 0.1) is 12.0 Å². The lowest BCUT2D eigenvalue weighted by atomic mass is 10.2. The minimum absolute atomic E-state index is 0.0323. The molecule has 2 aromatic carbocycles. The van der Waals surface area contributed by atoms with E-state index in [1.165, 1.54) is 19.2 Å². The van der Waals surface area contributed by atoms with Crippen LogP contribution in [-0.2, 0) is 16.6 Å². The third-order valence-electron chi connectivity index (χ3n) is 3.62. The number of ether oxygens (including phenoxy) is 2. The molecule has 0 fully saturated rings. The monoisotopic (exact) mass is 407 g/mol. The molecule has 0 N–H and O–H groups in total. The molecular weight excluding hydrogens is 390 g/mol. The number of methoxy groups -OCH3 is 1. The van der Waals surface area contributed by atoms with Gasteiger partial charge in [-0.1, -0.05) is 13.0 Å². The smallest absolute Gasteiger partial charge is 0.494 e. The maximum atomic E-state index is 13.8. The van der Waals surface area contributed by atoms with Crippen LogP contribution in [0.15, 0.2) is 47.4 Å². The second-order valence-corrected chi connectivity index (χ2v) is 7.36. The predicted octanol–water partition coefficient (Wildman–Crippen LogP) is 3.94. The van der Waals surface area contributed by atoms with E-state index in [1.54, 1.807) is 6.92 Å². The highest BCUT2D eigenvalue weighted by molar-refractivity contribution is 7.89. The van der Waals surface area contributed by atoms with Gasteiger partial charge < -0.3 is 9.47 Å². The quantitative estimate of drug-likeness (QED) is 0.653. The number of rotatable bonds is 7. The molecule has 0 aliphatic rings. The van der Waals surface area contributed by atoms with Crippen molar-refractivity contribution < 1.29 is 35.5 Å². The Kier molecular flexibility index (Phi) is 6.32. The Balaban J connectivity index is 2.23. The van der Waals surface area contributed by atoms with Crippen molar-refractivity contribution >= 4 is 10.0 Å². The second-order valence-electron chi connectivity index (χ2n) is 5.42. The maximum absolute atomic E-state index is 13.8. The standard InChI is InChI=1S/C17H17F4NO4S/c1-3-22(11-12-4-9-16(25-2)15(18)10-12)27(23,24)14-7-5-13(6-8-14)26-17(19,20)21/h4-10H,3,11H2,1-2H3. The Labute approximate surface area is 154 Å². The largest absolute Gasteiger partial charge is 0.573 e. The fourth-order valence-electron chi connectivity index (χ4n) is 2.34. The Bertz CT molecular complexity index is 883. The van der Waals surface area contributed by atoms with Crippen LogP contribution < -0.4 is 9.47 Å². The Hall–Kier alpha value is -2.33. The van der Waals surface area contributed by atoms with Crippen LogP contribution in [0.4, 0.5) is 17.6 Å². The number of nitrogens with zero attached hydrogens (tertiary/aromatic N) is 1. The molecule has 0 bridgehead atoms. The number of hydrogen-bond acceptors (Lipinski definition) is 4. The van der Waals surface area contributed by atoms with Gasteiger partial charge in [-0.2, -0.15) is 4.31 Å². The zero-order chi connectivity index (χ0) is 20.2. The van der Waals surface area contributed by atoms with Crippen molar-refractivity contribution in [3.63, 3.8) is 0 Å². The molecule has 0 saturated carbocycles. The highest BCUT2D eigenvalue weighted by Gasteiger charge is 2.31. The van der Waals surface area contributed by atoms with Gasteiger partial charge >= 0.3 is 6.36 Å². The minimum atomic E-state index is -4.87. The van der Waals surface area contributed by atoms with Crippen molar-refractivity contribution in [2.45, 2.75) is 24.7 Å².